The van der Waals surface area contributed by atoms with E-state index in [0.717, 1.165) is 16.8 Å². The second-order valence-electron chi connectivity index (χ2n) is 7.55. The molecule has 0 fully saturated rings. The molecule has 6 rings (SSSR count). The Balaban J connectivity index is 1.57. The number of nitrogens with one attached hydrogen (secondary N) is 1. The highest BCUT2D eigenvalue weighted by atomic mass is 35.5. The Bertz CT molecular complexity index is 1240. The second kappa shape index (κ2) is 6.06. The summed E-state index contributed by atoms with van der Waals surface area (Å²) in [6.07, 6.45) is 0.566. The van der Waals surface area contributed by atoms with Crippen LogP contribution in [0.5, 0.6) is 5.75 Å². The molecule has 3 heterocycles. The van der Waals surface area contributed by atoms with Gasteiger partial charge in [-0.25, -0.2) is 9.40 Å². The summed E-state index contributed by atoms with van der Waals surface area (Å²) in [7, 11) is 0. The van der Waals surface area contributed by atoms with Crippen molar-refractivity contribution in [3.05, 3.63) is 94.3 Å². The molecule has 0 bridgehead atoms. The van der Waals surface area contributed by atoms with Crippen LogP contribution in [0.1, 0.15) is 29.2 Å². The maximum atomic E-state index is 13.4. The maximum absolute atomic E-state index is 13.4. The van der Waals surface area contributed by atoms with Crippen molar-refractivity contribution in [3.8, 4) is 5.75 Å². The third-order valence-electron chi connectivity index (χ3n) is 5.85. The van der Waals surface area contributed by atoms with E-state index in [1.54, 1.807) is 35.3 Å². The van der Waals surface area contributed by atoms with Gasteiger partial charge < -0.3 is 10.1 Å². The predicted octanol–water partition coefficient (Wildman–Crippen LogP) is 4.83. The first-order chi connectivity index (χ1) is 14.6. The minimum atomic E-state index is -1.46. The topological polar surface area (TPSA) is 53.9 Å². The number of carbonyl (C=O) groups is 1. The van der Waals surface area contributed by atoms with Crippen molar-refractivity contribution in [2.75, 3.05) is 5.32 Å². The number of nitrogens with zero attached hydrogens (tertiary/aromatic N) is 2. The largest absolute Gasteiger partial charge is 0.453 e. The fourth-order valence-corrected chi connectivity index (χ4v) is 4.65. The summed E-state index contributed by atoms with van der Waals surface area (Å²) in [5.74, 6) is 0.0135. The first kappa shape index (κ1) is 17.5. The number of carbonyl (C=O) groups excluding carboxylic acids is 1. The summed E-state index contributed by atoms with van der Waals surface area (Å²) in [6.45, 7) is 0. The number of amides is 1. The number of halogens is 2. The molecule has 0 saturated heterocycles. The Morgan fingerprint density at radius 3 is 2.77 bits per heavy atom. The third-order valence-corrected chi connectivity index (χ3v) is 6.08. The molecule has 0 aromatic heterocycles. The lowest BCUT2D eigenvalue weighted by molar-refractivity contribution is -0.161. The number of hydrogen-bond acceptors (Lipinski definition) is 4. The zero-order valence-electron chi connectivity index (χ0n) is 15.6. The highest BCUT2D eigenvalue weighted by Crippen LogP contribution is 2.54. The first-order valence-corrected chi connectivity index (χ1v) is 9.96. The molecule has 0 unspecified atom stereocenters. The number of fused-ring (bicyclic) bond motifs is 6. The van der Waals surface area contributed by atoms with E-state index in [0.29, 0.717) is 28.4 Å². The Kier molecular flexibility index (Phi) is 3.53. The van der Waals surface area contributed by atoms with Gasteiger partial charge in [0.25, 0.3) is 5.91 Å². The van der Waals surface area contributed by atoms with Gasteiger partial charge in [-0.05, 0) is 42.0 Å². The van der Waals surface area contributed by atoms with Crippen molar-refractivity contribution < 1.29 is 13.9 Å². The quantitative estimate of drug-likeness (QED) is 0.614. The maximum Gasteiger partial charge on any atom is 0.306 e. The van der Waals surface area contributed by atoms with Gasteiger partial charge in [-0.2, -0.15) is 5.10 Å². The van der Waals surface area contributed by atoms with Gasteiger partial charge in [-0.3, -0.25) is 4.79 Å². The number of hydrazone groups is 1. The summed E-state index contributed by atoms with van der Waals surface area (Å²) in [5.41, 5.74) is 2.34. The molecular formula is C23H15ClFN3O2. The van der Waals surface area contributed by atoms with Crippen LogP contribution in [-0.4, -0.2) is 16.6 Å². The molecule has 0 aliphatic carbocycles. The van der Waals surface area contributed by atoms with Gasteiger partial charge in [0.1, 0.15) is 11.6 Å². The molecule has 148 valence electrons. The molecule has 2 atom stereocenters. The summed E-state index contributed by atoms with van der Waals surface area (Å²) >= 11 is 6.27. The molecule has 3 aromatic rings. The highest BCUT2D eigenvalue weighted by Gasteiger charge is 2.60. The molecule has 3 aliphatic heterocycles. The van der Waals surface area contributed by atoms with Crippen LogP contribution in [0.3, 0.4) is 0 Å². The molecule has 0 saturated carbocycles. The van der Waals surface area contributed by atoms with E-state index < -0.39 is 5.72 Å². The van der Waals surface area contributed by atoms with E-state index >= 15 is 0 Å². The number of rotatable bonds is 1. The van der Waals surface area contributed by atoms with Gasteiger partial charge in [0.15, 0.2) is 0 Å². The second-order valence-corrected chi connectivity index (χ2v) is 7.98. The Labute approximate surface area is 176 Å². The van der Waals surface area contributed by atoms with Gasteiger partial charge >= 0.3 is 5.72 Å². The van der Waals surface area contributed by atoms with E-state index in [4.69, 9.17) is 21.4 Å². The zero-order valence-corrected chi connectivity index (χ0v) is 16.4. The molecule has 1 amide bonds. The molecule has 1 N–H and O–H groups in total. The Morgan fingerprint density at radius 1 is 1.13 bits per heavy atom. The van der Waals surface area contributed by atoms with Crippen LogP contribution in [0.2, 0.25) is 5.02 Å². The third kappa shape index (κ3) is 2.28. The number of benzene rings is 3. The lowest BCUT2D eigenvalue weighted by Gasteiger charge is -2.44. The van der Waals surface area contributed by atoms with Gasteiger partial charge in [0.05, 0.1) is 23.0 Å². The average molecular weight is 420 g/mol. The molecule has 5 nitrogen and oxygen atoms in total. The van der Waals surface area contributed by atoms with Crippen LogP contribution in [0, 0.1) is 5.82 Å². The van der Waals surface area contributed by atoms with Gasteiger partial charge in [-0.1, -0.05) is 41.9 Å². The van der Waals surface area contributed by atoms with Crippen molar-refractivity contribution in [3.63, 3.8) is 0 Å². The molecule has 1 spiro atoms. The Morgan fingerprint density at radius 2 is 1.93 bits per heavy atom. The van der Waals surface area contributed by atoms with E-state index in [-0.39, 0.29) is 17.8 Å². The average Bonchev–Trinajstić information content (AvgIpc) is 3.30. The fraction of sp³-hybridized carbons (Fsp3) is 0.130. The van der Waals surface area contributed by atoms with Crippen LogP contribution in [0.4, 0.5) is 10.1 Å². The summed E-state index contributed by atoms with van der Waals surface area (Å²) in [6, 6.07) is 18.9. The molecule has 3 aromatic carbocycles. The molecule has 30 heavy (non-hydrogen) atoms. The zero-order chi connectivity index (χ0) is 20.5. The Hall–Kier alpha value is -3.38. The molecule has 3 aliphatic rings. The predicted molar refractivity (Wildman–Crippen MR) is 111 cm³/mol. The molecular weight excluding hydrogens is 405 g/mol. The van der Waals surface area contributed by atoms with Gasteiger partial charge in [-0.15, -0.1) is 0 Å². The first-order valence-electron chi connectivity index (χ1n) is 9.58. The number of para-hydroxylation sites is 1. The summed E-state index contributed by atoms with van der Waals surface area (Å²) < 4.78 is 19.8. The smallest absolute Gasteiger partial charge is 0.306 e. The number of hydrogen-bond donors (Lipinski definition) is 1. The standard InChI is InChI=1S/C23H15ClFN3O2/c24-14-7-10-18-17(11-14)23(22(29)26-18)28-20(16-3-1-2-4-21(16)30-23)12-19(27-28)13-5-8-15(25)9-6-13/h1-11,20H,12H2,(H,26,29)/t20-,23+/m1/s1. The van der Waals surface area contributed by atoms with Crippen molar-refractivity contribution in [1.29, 1.82) is 0 Å². The molecule has 7 heteroatoms. The van der Waals surface area contributed by atoms with Crippen molar-refractivity contribution >= 4 is 28.9 Å². The van der Waals surface area contributed by atoms with Crippen molar-refractivity contribution in [1.82, 2.24) is 5.01 Å². The summed E-state index contributed by atoms with van der Waals surface area (Å²) in [4.78, 5) is 13.3. The number of ether oxygens (including phenoxy) is 1. The van der Waals surface area contributed by atoms with Crippen molar-refractivity contribution in [2.45, 2.75) is 18.2 Å². The monoisotopic (exact) mass is 419 g/mol. The highest BCUT2D eigenvalue weighted by molar-refractivity contribution is 6.31. The lowest BCUT2D eigenvalue weighted by atomic mass is 9.92. The van der Waals surface area contributed by atoms with Crippen LogP contribution in [0.15, 0.2) is 71.8 Å². The van der Waals surface area contributed by atoms with Crippen LogP contribution < -0.4 is 10.1 Å². The van der Waals surface area contributed by atoms with E-state index in [9.17, 15) is 9.18 Å². The lowest BCUT2D eigenvalue weighted by Crippen LogP contribution is -2.55. The normalized spacial score (nSPS) is 23.4. The number of anilines is 1. The van der Waals surface area contributed by atoms with Crippen LogP contribution >= 0.6 is 11.6 Å². The SMILES string of the molecule is O=C1Nc2ccc(Cl)cc2[C@]12Oc1ccccc1[C@H]1CC(c3ccc(F)cc3)=NN12. The summed E-state index contributed by atoms with van der Waals surface area (Å²) in [5, 5.41) is 9.96. The minimum Gasteiger partial charge on any atom is -0.453 e. The van der Waals surface area contributed by atoms with E-state index in [1.165, 1.54) is 12.1 Å². The minimum absolute atomic E-state index is 0.203. The van der Waals surface area contributed by atoms with Crippen LogP contribution in [0.25, 0.3) is 0 Å². The van der Waals surface area contributed by atoms with Crippen molar-refractivity contribution in [2.24, 2.45) is 5.10 Å². The van der Waals surface area contributed by atoms with E-state index in [1.807, 2.05) is 24.3 Å². The van der Waals surface area contributed by atoms with Gasteiger partial charge in [0, 0.05) is 17.0 Å². The van der Waals surface area contributed by atoms with E-state index in [2.05, 4.69) is 5.32 Å². The molecule has 0 radical (unpaired) electrons. The van der Waals surface area contributed by atoms with Crippen LogP contribution in [-0.2, 0) is 10.5 Å². The fourth-order valence-electron chi connectivity index (χ4n) is 4.48. The van der Waals surface area contributed by atoms with Gasteiger partial charge in [0.2, 0.25) is 0 Å².